The first kappa shape index (κ1) is 15.6. The topological polar surface area (TPSA) is 41.9 Å². The van der Waals surface area contributed by atoms with Crippen LogP contribution in [-0.2, 0) is 18.9 Å². The Balaban J connectivity index is 1.33. The lowest BCUT2D eigenvalue weighted by Crippen LogP contribution is -2.35. The van der Waals surface area contributed by atoms with Gasteiger partial charge in [0, 0.05) is 30.3 Å². The third-order valence-electron chi connectivity index (χ3n) is 6.71. The predicted octanol–water partition coefficient (Wildman–Crippen LogP) is 2.63. The van der Waals surface area contributed by atoms with Crippen LogP contribution in [0.2, 0.25) is 0 Å². The first-order valence-electron chi connectivity index (χ1n) is 9.81. The van der Waals surface area contributed by atoms with Crippen LogP contribution in [0.1, 0.15) is 36.8 Å². The minimum Gasteiger partial charge on any atom is -0.317 e. The Morgan fingerprint density at radius 1 is 1.28 bits per heavy atom. The van der Waals surface area contributed by atoms with E-state index < -0.39 is 0 Å². The highest BCUT2D eigenvalue weighted by molar-refractivity contribution is 5.66. The summed E-state index contributed by atoms with van der Waals surface area (Å²) in [6.45, 7) is 3.59. The molecule has 1 aromatic heterocycles. The van der Waals surface area contributed by atoms with Crippen molar-refractivity contribution in [3.05, 3.63) is 41.7 Å². The highest BCUT2D eigenvalue weighted by atomic mass is 15.2. The lowest BCUT2D eigenvalue weighted by atomic mass is 9.94. The maximum absolute atomic E-state index is 4.33. The molecule has 2 aliphatic carbocycles. The Hall–Kier alpha value is -1.65. The molecule has 1 aliphatic heterocycles. The summed E-state index contributed by atoms with van der Waals surface area (Å²) in [4.78, 5) is 0. The van der Waals surface area contributed by atoms with Crippen molar-refractivity contribution < 1.29 is 0 Å². The summed E-state index contributed by atoms with van der Waals surface area (Å²) < 4.78 is 1.89. The molecule has 3 aliphatic rings. The van der Waals surface area contributed by atoms with Crippen LogP contribution in [0.4, 0.5) is 0 Å². The van der Waals surface area contributed by atoms with Gasteiger partial charge in [-0.3, -0.25) is 4.68 Å². The molecule has 132 valence electrons. The van der Waals surface area contributed by atoms with Crippen molar-refractivity contribution in [2.45, 2.75) is 43.6 Å². The van der Waals surface area contributed by atoms with Crippen molar-refractivity contribution in [1.29, 1.82) is 0 Å². The Morgan fingerprint density at radius 2 is 2.16 bits per heavy atom. The van der Waals surface area contributed by atoms with E-state index in [-0.39, 0.29) is 0 Å². The Bertz CT molecular complexity index is 774. The van der Waals surface area contributed by atoms with Crippen molar-refractivity contribution in [3.8, 4) is 11.1 Å². The number of nitrogens with zero attached hydrogens (tertiary/aromatic N) is 2. The van der Waals surface area contributed by atoms with E-state index in [2.05, 4.69) is 40.1 Å². The van der Waals surface area contributed by atoms with Crippen LogP contribution in [0.5, 0.6) is 0 Å². The average molecular weight is 336 g/mol. The zero-order valence-electron chi connectivity index (χ0n) is 15.1. The molecule has 2 fully saturated rings. The van der Waals surface area contributed by atoms with Gasteiger partial charge in [0.25, 0.3) is 0 Å². The summed E-state index contributed by atoms with van der Waals surface area (Å²) in [7, 11) is 1.99. The van der Waals surface area contributed by atoms with Gasteiger partial charge >= 0.3 is 0 Å². The van der Waals surface area contributed by atoms with E-state index in [4.69, 9.17) is 0 Å². The highest BCUT2D eigenvalue weighted by Gasteiger charge is 2.57. The molecular formula is C21H28N4. The molecule has 1 saturated heterocycles. The molecule has 4 nitrogen and oxygen atoms in total. The van der Waals surface area contributed by atoms with Crippen LogP contribution >= 0.6 is 0 Å². The number of rotatable bonds is 4. The molecule has 1 saturated carbocycles. The second-order valence-corrected chi connectivity index (χ2v) is 8.29. The van der Waals surface area contributed by atoms with Gasteiger partial charge in [-0.1, -0.05) is 18.2 Å². The Labute approximate surface area is 150 Å². The monoisotopic (exact) mass is 336 g/mol. The minimum absolute atomic E-state index is 0.417. The van der Waals surface area contributed by atoms with Gasteiger partial charge in [-0.25, -0.2) is 0 Å². The molecule has 25 heavy (non-hydrogen) atoms. The Morgan fingerprint density at radius 3 is 2.96 bits per heavy atom. The number of benzene rings is 1. The van der Waals surface area contributed by atoms with Crippen LogP contribution in [0.25, 0.3) is 11.1 Å². The molecule has 0 radical (unpaired) electrons. The smallest absolute Gasteiger partial charge is 0.0568 e. The SMILES string of the molecule is Cn1cc(-c2ccc3c(c2)C2(CC3)CC2NCC2CCNCC2)cn1. The summed E-state index contributed by atoms with van der Waals surface area (Å²) in [6.07, 6.45) is 10.6. The average Bonchev–Trinajstić information content (AvgIpc) is 2.97. The van der Waals surface area contributed by atoms with Crippen LogP contribution in [-0.4, -0.2) is 35.5 Å². The third kappa shape index (κ3) is 2.72. The van der Waals surface area contributed by atoms with Crippen molar-refractivity contribution in [1.82, 2.24) is 20.4 Å². The molecule has 1 spiro atoms. The van der Waals surface area contributed by atoms with E-state index in [9.17, 15) is 0 Å². The van der Waals surface area contributed by atoms with E-state index in [0.717, 1.165) is 5.92 Å². The fourth-order valence-electron chi connectivity index (χ4n) is 5.04. The van der Waals surface area contributed by atoms with E-state index in [0.29, 0.717) is 11.5 Å². The number of aryl methyl sites for hydroxylation is 2. The zero-order chi connectivity index (χ0) is 16.9. The molecule has 2 unspecified atom stereocenters. The molecule has 5 rings (SSSR count). The first-order chi connectivity index (χ1) is 12.2. The fraction of sp³-hybridized carbons (Fsp3) is 0.571. The third-order valence-corrected chi connectivity index (χ3v) is 6.71. The van der Waals surface area contributed by atoms with Crippen molar-refractivity contribution in [2.24, 2.45) is 13.0 Å². The Kier molecular flexibility index (Phi) is 3.72. The van der Waals surface area contributed by atoms with Gasteiger partial charge in [-0.05, 0) is 74.3 Å². The maximum atomic E-state index is 4.33. The van der Waals surface area contributed by atoms with Crippen molar-refractivity contribution in [2.75, 3.05) is 19.6 Å². The van der Waals surface area contributed by atoms with E-state index >= 15 is 0 Å². The number of hydrogen-bond donors (Lipinski definition) is 2. The maximum Gasteiger partial charge on any atom is 0.0568 e. The molecule has 2 aromatic rings. The fourth-order valence-corrected chi connectivity index (χ4v) is 5.04. The number of hydrogen-bond acceptors (Lipinski definition) is 3. The second-order valence-electron chi connectivity index (χ2n) is 8.29. The first-order valence-corrected chi connectivity index (χ1v) is 9.81. The lowest BCUT2D eigenvalue weighted by Gasteiger charge is -2.23. The molecule has 2 heterocycles. The number of fused-ring (bicyclic) bond motifs is 2. The minimum atomic E-state index is 0.417. The van der Waals surface area contributed by atoms with Gasteiger partial charge in [0.05, 0.1) is 6.20 Å². The van der Waals surface area contributed by atoms with Gasteiger partial charge in [0.15, 0.2) is 0 Å². The predicted molar refractivity (Wildman–Crippen MR) is 101 cm³/mol. The van der Waals surface area contributed by atoms with E-state index in [1.165, 1.54) is 62.9 Å². The van der Waals surface area contributed by atoms with Crippen molar-refractivity contribution >= 4 is 0 Å². The highest BCUT2D eigenvalue weighted by Crippen LogP contribution is 2.57. The second kappa shape index (κ2) is 5.96. The molecule has 0 bridgehead atoms. The quantitative estimate of drug-likeness (QED) is 0.902. The molecule has 2 atom stereocenters. The summed E-state index contributed by atoms with van der Waals surface area (Å²) in [5.74, 6) is 0.863. The summed E-state index contributed by atoms with van der Waals surface area (Å²) >= 11 is 0. The van der Waals surface area contributed by atoms with E-state index in [1.54, 1.807) is 11.1 Å². The van der Waals surface area contributed by atoms with Crippen LogP contribution in [0, 0.1) is 5.92 Å². The summed E-state index contributed by atoms with van der Waals surface area (Å²) in [6, 6.07) is 7.77. The summed E-state index contributed by atoms with van der Waals surface area (Å²) in [5.41, 5.74) is 6.14. The molecule has 1 aromatic carbocycles. The van der Waals surface area contributed by atoms with Gasteiger partial charge < -0.3 is 10.6 Å². The number of piperidine rings is 1. The molecule has 4 heteroatoms. The van der Waals surface area contributed by atoms with Crippen LogP contribution in [0.3, 0.4) is 0 Å². The molecular weight excluding hydrogens is 308 g/mol. The van der Waals surface area contributed by atoms with Gasteiger partial charge in [0.1, 0.15) is 0 Å². The van der Waals surface area contributed by atoms with Gasteiger partial charge in [-0.2, -0.15) is 5.10 Å². The van der Waals surface area contributed by atoms with Crippen molar-refractivity contribution in [3.63, 3.8) is 0 Å². The standard InChI is InChI=1S/C21H28N4/c1-25-14-18(13-24-25)17-3-2-16-4-7-21(19(16)10-17)11-20(21)23-12-15-5-8-22-9-6-15/h2-3,10,13-15,20,22-23H,4-9,11-12H2,1H3. The molecule has 0 amide bonds. The number of aromatic nitrogens is 2. The summed E-state index contributed by atoms with van der Waals surface area (Å²) in [5, 5.41) is 11.7. The zero-order valence-corrected chi connectivity index (χ0v) is 15.1. The van der Waals surface area contributed by atoms with Gasteiger partial charge in [0.2, 0.25) is 0 Å². The van der Waals surface area contributed by atoms with E-state index in [1.807, 2.05) is 17.9 Å². The lowest BCUT2D eigenvalue weighted by molar-refractivity contribution is 0.351. The van der Waals surface area contributed by atoms with Crippen LogP contribution in [0.15, 0.2) is 30.6 Å². The number of nitrogens with one attached hydrogen (secondary N) is 2. The van der Waals surface area contributed by atoms with Gasteiger partial charge in [-0.15, -0.1) is 0 Å². The van der Waals surface area contributed by atoms with Crippen LogP contribution < -0.4 is 10.6 Å². The normalized spacial score (nSPS) is 28.4. The molecule has 2 N–H and O–H groups in total. The largest absolute Gasteiger partial charge is 0.317 e.